The van der Waals surface area contributed by atoms with Crippen LogP contribution in [0.4, 0.5) is 11.5 Å². The number of aromatic nitrogens is 3. The van der Waals surface area contributed by atoms with Crippen LogP contribution in [-0.4, -0.2) is 48.4 Å². The highest BCUT2D eigenvalue weighted by atomic mass is 16.5. The first-order valence-electron chi connectivity index (χ1n) is 7.89. The fourth-order valence-corrected chi connectivity index (χ4v) is 2.27. The minimum Gasteiger partial charge on any atom is -0.376 e. The number of hydrogen-bond donors (Lipinski definition) is 2. The van der Waals surface area contributed by atoms with Gasteiger partial charge in [-0.1, -0.05) is 5.16 Å². The quantitative estimate of drug-likeness (QED) is 0.704. The summed E-state index contributed by atoms with van der Waals surface area (Å²) in [7, 11) is 3.89. The fourth-order valence-electron chi connectivity index (χ4n) is 2.27. The van der Waals surface area contributed by atoms with Gasteiger partial charge in [0.15, 0.2) is 5.82 Å². The van der Waals surface area contributed by atoms with Crippen molar-refractivity contribution in [2.24, 2.45) is 0 Å². The van der Waals surface area contributed by atoms with Gasteiger partial charge in [0, 0.05) is 45.2 Å². The number of carbonyl (C=O) groups excluding carboxylic acids is 1. The summed E-state index contributed by atoms with van der Waals surface area (Å²) in [5.74, 6) is 1.47. The summed E-state index contributed by atoms with van der Waals surface area (Å²) in [5, 5.41) is 17.9. The van der Waals surface area contributed by atoms with Crippen LogP contribution >= 0.6 is 0 Å². The molecule has 0 atom stereocenters. The molecule has 0 radical (unpaired) electrons. The Morgan fingerprint density at radius 3 is 2.75 bits per heavy atom. The van der Waals surface area contributed by atoms with Gasteiger partial charge >= 0.3 is 0 Å². The normalized spacial score (nSPS) is 10.5. The lowest BCUT2D eigenvalue weighted by molar-refractivity contribution is -0.120. The second-order valence-corrected chi connectivity index (χ2v) is 5.77. The average Bonchev–Trinajstić information content (AvgIpc) is 2.88. The lowest BCUT2D eigenvalue weighted by Gasteiger charge is -2.13. The van der Waals surface area contributed by atoms with E-state index >= 15 is 0 Å². The van der Waals surface area contributed by atoms with Gasteiger partial charge in [-0.05, 0) is 20.3 Å². The topological polar surface area (TPSA) is 96.2 Å². The van der Waals surface area contributed by atoms with E-state index < -0.39 is 0 Å². The van der Waals surface area contributed by atoms with E-state index in [-0.39, 0.29) is 5.91 Å². The fraction of sp³-hybridized carbons (Fsp3) is 0.500. The third-order valence-corrected chi connectivity index (χ3v) is 3.69. The molecular formula is C16H24N6O2. The van der Waals surface area contributed by atoms with E-state index in [0.29, 0.717) is 31.7 Å². The lowest BCUT2D eigenvalue weighted by Crippen LogP contribution is -2.29. The van der Waals surface area contributed by atoms with E-state index in [2.05, 4.69) is 26.0 Å². The van der Waals surface area contributed by atoms with E-state index in [4.69, 9.17) is 4.52 Å². The highest BCUT2D eigenvalue weighted by Gasteiger charge is 2.10. The molecule has 0 fully saturated rings. The Morgan fingerprint density at radius 2 is 2.08 bits per heavy atom. The van der Waals surface area contributed by atoms with Crippen LogP contribution in [0.3, 0.4) is 0 Å². The third-order valence-electron chi connectivity index (χ3n) is 3.69. The van der Waals surface area contributed by atoms with Crippen molar-refractivity contribution >= 4 is 17.4 Å². The van der Waals surface area contributed by atoms with Crippen LogP contribution in [0.5, 0.6) is 0 Å². The first-order valence-corrected chi connectivity index (χ1v) is 7.89. The standard InChI is InChI=1S/C16H24N6O2/c1-11-14(12(2)24-21-11)5-6-16(23)18-8-7-17-15-9-13(22(3)4)10-19-20-15/h9-10H,5-8H2,1-4H3,(H,17,20)(H,18,23). The van der Waals surface area contributed by atoms with E-state index in [1.54, 1.807) is 6.20 Å². The predicted octanol–water partition coefficient (Wildman–Crippen LogP) is 1.31. The third kappa shape index (κ3) is 4.94. The van der Waals surface area contributed by atoms with Crippen molar-refractivity contribution in [1.29, 1.82) is 0 Å². The molecule has 2 aromatic rings. The van der Waals surface area contributed by atoms with Crippen LogP contribution in [0, 0.1) is 13.8 Å². The molecule has 0 aliphatic heterocycles. The van der Waals surface area contributed by atoms with E-state index in [1.165, 1.54) is 0 Å². The SMILES string of the molecule is Cc1noc(C)c1CCC(=O)NCCNc1cc(N(C)C)cnn1. The van der Waals surface area contributed by atoms with Crippen molar-refractivity contribution < 1.29 is 9.32 Å². The maximum atomic E-state index is 11.9. The van der Waals surface area contributed by atoms with Crippen molar-refractivity contribution in [1.82, 2.24) is 20.7 Å². The van der Waals surface area contributed by atoms with Crippen molar-refractivity contribution in [3.63, 3.8) is 0 Å². The van der Waals surface area contributed by atoms with Gasteiger partial charge < -0.3 is 20.1 Å². The molecule has 2 heterocycles. The molecule has 0 saturated heterocycles. The Balaban J connectivity index is 1.69. The highest BCUT2D eigenvalue weighted by Crippen LogP contribution is 2.14. The number of rotatable bonds is 8. The van der Waals surface area contributed by atoms with Gasteiger partial charge in [-0.15, -0.1) is 5.10 Å². The second kappa shape index (κ2) is 8.28. The molecule has 8 heteroatoms. The summed E-state index contributed by atoms with van der Waals surface area (Å²) in [6.45, 7) is 4.85. The number of hydrogen-bond acceptors (Lipinski definition) is 7. The summed E-state index contributed by atoms with van der Waals surface area (Å²) in [6.07, 6.45) is 2.75. The molecule has 2 rings (SSSR count). The zero-order valence-electron chi connectivity index (χ0n) is 14.6. The molecule has 0 bridgehead atoms. The van der Waals surface area contributed by atoms with Gasteiger partial charge in [0.25, 0.3) is 0 Å². The van der Waals surface area contributed by atoms with Crippen molar-refractivity contribution in [3.05, 3.63) is 29.3 Å². The summed E-state index contributed by atoms with van der Waals surface area (Å²) in [6, 6.07) is 1.91. The lowest BCUT2D eigenvalue weighted by atomic mass is 10.1. The summed E-state index contributed by atoms with van der Waals surface area (Å²) in [4.78, 5) is 13.8. The molecule has 24 heavy (non-hydrogen) atoms. The number of nitrogens with zero attached hydrogens (tertiary/aromatic N) is 4. The van der Waals surface area contributed by atoms with Gasteiger partial charge in [0.1, 0.15) is 5.76 Å². The minimum absolute atomic E-state index is 0.00456. The summed E-state index contributed by atoms with van der Waals surface area (Å²) in [5.41, 5.74) is 2.83. The van der Waals surface area contributed by atoms with Crippen LogP contribution in [0.2, 0.25) is 0 Å². The van der Waals surface area contributed by atoms with Gasteiger partial charge in [-0.3, -0.25) is 4.79 Å². The molecule has 2 aromatic heterocycles. The number of amides is 1. The molecule has 130 valence electrons. The van der Waals surface area contributed by atoms with Crippen molar-refractivity contribution in [3.8, 4) is 0 Å². The Labute approximate surface area is 141 Å². The Hall–Kier alpha value is -2.64. The zero-order valence-corrected chi connectivity index (χ0v) is 14.6. The number of carbonyl (C=O) groups is 1. The average molecular weight is 332 g/mol. The molecule has 0 saturated carbocycles. The Kier molecular flexibility index (Phi) is 6.11. The summed E-state index contributed by atoms with van der Waals surface area (Å²) >= 11 is 0. The van der Waals surface area contributed by atoms with E-state index in [0.717, 1.165) is 22.7 Å². The maximum absolute atomic E-state index is 11.9. The molecule has 0 aliphatic rings. The van der Waals surface area contributed by atoms with Crippen LogP contribution in [0.1, 0.15) is 23.4 Å². The molecule has 2 N–H and O–H groups in total. The molecule has 8 nitrogen and oxygen atoms in total. The van der Waals surface area contributed by atoms with Gasteiger partial charge in [0.05, 0.1) is 17.6 Å². The first-order chi connectivity index (χ1) is 11.5. The van der Waals surface area contributed by atoms with E-state index in [1.807, 2.05) is 38.9 Å². The number of anilines is 2. The zero-order chi connectivity index (χ0) is 17.5. The molecule has 0 aromatic carbocycles. The van der Waals surface area contributed by atoms with E-state index in [9.17, 15) is 4.79 Å². The minimum atomic E-state index is 0.00456. The van der Waals surface area contributed by atoms with Gasteiger partial charge in [-0.2, -0.15) is 5.10 Å². The van der Waals surface area contributed by atoms with Crippen LogP contribution < -0.4 is 15.5 Å². The van der Waals surface area contributed by atoms with Gasteiger partial charge in [-0.25, -0.2) is 0 Å². The monoisotopic (exact) mass is 332 g/mol. The Bertz CT molecular complexity index is 663. The number of aryl methyl sites for hydroxylation is 2. The molecule has 0 spiro atoms. The second-order valence-electron chi connectivity index (χ2n) is 5.77. The predicted molar refractivity (Wildman–Crippen MR) is 92.2 cm³/mol. The molecule has 0 aliphatic carbocycles. The van der Waals surface area contributed by atoms with Crippen molar-refractivity contribution in [2.75, 3.05) is 37.4 Å². The summed E-state index contributed by atoms with van der Waals surface area (Å²) < 4.78 is 5.09. The molecular weight excluding hydrogens is 308 g/mol. The molecule has 0 unspecified atom stereocenters. The van der Waals surface area contributed by atoms with Crippen LogP contribution in [0.25, 0.3) is 0 Å². The van der Waals surface area contributed by atoms with Gasteiger partial charge in [0.2, 0.25) is 5.91 Å². The van der Waals surface area contributed by atoms with Crippen LogP contribution in [0.15, 0.2) is 16.8 Å². The first kappa shape index (κ1) is 17.7. The van der Waals surface area contributed by atoms with Crippen molar-refractivity contribution in [2.45, 2.75) is 26.7 Å². The van der Waals surface area contributed by atoms with Crippen LogP contribution in [-0.2, 0) is 11.2 Å². The maximum Gasteiger partial charge on any atom is 0.220 e. The highest BCUT2D eigenvalue weighted by molar-refractivity contribution is 5.76. The number of nitrogens with one attached hydrogen (secondary N) is 2. The largest absolute Gasteiger partial charge is 0.376 e. The Morgan fingerprint density at radius 1 is 1.29 bits per heavy atom. The smallest absolute Gasteiger partial charge is 0.220 e. The molecule has 1 amide bonds.